The fourth-order valence-corrected chi connectivity index (χ4v) is 3.18. The summed E-state index contributed by atoms with van der Waals surface area (Å²) < 4.78 is 11.2. The van der Waals surface area contributed by atoms with Gasteiger partial charge in [-0.2, -0.15) is 0 Å². The standard InChI is InChI=1S/C24H30O5/c1-16-11-20(28-15-18-9-7-6-8-10-18)12-17(2)21(16)13-19(23(26)27)14-22(25)29-24(3,4)5/h6-12,19H,13-15H2,1-5H3,(H,26,27)/t19-/m1/s1. The minimum absolute atomic E-state index is 0.155. The third-order valence-corrected chi connectivity index (χ3v) is 4.55. The van der Waals surface area contributed by atoms with Crippen LogP contribution < -0.4 is 4.74 Å². The van der Waals surface area contributed by atoms with Crippen LogP contribution in [0.15, 0.2) is 42.5 Å². The van der Waals surface area contributed by atoms with Crippen molar-refractivity contribution in [1.82, 2.24) is 0 Å². The zero-order chi connectivity index (χ0) is 21.6. The molecule has 0 saturated heterocycles. The molecule has 2 aromatic carbocycles. The zero-order valence-corrected chi connectivity index (χ0v) is 17.8. The van der Waals surface area contributed by atoms with Gasteiger partial charge in [0.2, 0.25) is 0 Å². The molecule has 0 aromatic heterocycles. The van der Waals surface area contributed by atoms with Gasteiger partial charge in [-0.15, -0.1) is 0 Å². The summed E-state index contributed by atoms with van der Waals surface area (Å²) in [5.74, 6) is -1.59. The predicted octanol–water partition coefficient (Wildman–Crippen LogP) is 4.86. The van der Waals surface area contributed by atoms with E-state index in [1.54, 1.807) is 20.8 Å². The molecular formula is C24H30O5. The van der Waals surface area contributed by atoms with E-state index in [0.29, 0.717) is 6.61 Å². The highest BCUT2D eigenvalue weighted by molar-refractivity contribution is 5.79. The second kappa shape index (κ2) is 9.59. The van der Waals surface area contributed by atoms with E-state index in [0.717, 1.165) is 28.0 Å². The van der Waals surface area contributed by atoms with Crippen LogP contribution in [0, 0.1) is 19.8 Å². The molecule has 0 aliphatic carbocycles. The SMILES string of the molecule is Cc1cc(OCc2ccccc2)cc(C)c1C[C@H](CC(=O)OC(C)(C)C)C(=O)O. The molecule has 0 aliphatic rings. The van der Waals surface area contributed by atoms with Crippen molar-refractivity contribution in [2.45, 2.75) is 59.7 Å². The maximum absolute atomic E-state index is 12.1. The van der Waals surface area contributed by atoms with Gasteiger partial charge in [0, 0.05) is 0 Å². The summed E-state index contributed by atoms with van der Waals surface area (Å²) in [6, 6.07) is 13.7. The largest absolute Gasteiger partial charge is 0.489 e. The van der Waals surface area contributed by atoms with Crippen LogP contribution in [0.4, 0.5) is 0 Å². The van der Waals surface area contributed by atoms with Gasteiger partial charge in [0.15, 0.2) is 0 Å². The van der Waals surface area contributed by atoms with Crippen LogP contribution in [-0.2, 0) is 27.4 Å². The molecule has 29 heavy (non-hydrogen) atoms. The molecule has 0 spiro atoms. The summed E-state index contributed by atoms with van der Waals surface area (Å²) >= 11 is 0. The summed E-state index contributed by atoms with van der Waals surface area (Å²) in [6.45, 7) is 9.64. The topological polar surface area (TPSA) is 72.8 Å². The van der Waals surface area contributed by atoms with Gasteiger partial charge in [0.1, 0.15) is 18.0 Å². The molecule has 0 bridgehead atoms. The molecule has 5 heteroatoms. The summed E-state index contributed by atoms with van der Waals surface area (Å²) in [7, 11) is 0. The highest BCUT2D eigenvalue weighted by Gasteiger charge is 2.26. The van der Waals surface area contributed by atoms with E-state index in [1.807, 2.05) is 56.3 Å². The summed E-state index contributed by atoms with van der Waals surface area (Å²) in [5, 5.41) is 9.60. The lowest BCUT2D eigenvalue weighted by Crippen LogP contribution is -2.28. The number of rotatable bonds is 8. The number of carboxylic acids is 1. The number of benzene rings is 2. The molecule has 0 heterocycles. The molecule has 0 aliphatic heterocycles. The maximum atomic E-state index is 12.1. The quantitative estimate of drug-likeness (QED) is 0.643. The molecule has 0 fully saturated rings. The van der Waals surface area contributed by atoms with E-state index in [9.17, 15) is 14.7 Å². The molecule has 5 nitrogen and oxygen atoms in total. The fraction of sp³-hybridized carbons (Fsp3) is 0.417. The van der Waals surface area contributed by atoms with Gasteiger partial charge in [-0.1, -0.05) is 30.3 Å². The highest BCUT2D eigenvalue weighted by atomic mass is 16.6. The second-order valence-electron chi connectivity index (χ2n) is 8.34. The molecule has 0 amide bonds. The van der Waals surface area contributed by atoms with Crippen LogP contribution in [0.5, 0.6) is 5.75 Å². The van der Waals surface area contributed by atoms with Crippen molar-refractivity contribution in [2.24, 2.45) is 5.92 Å². The monoisotopic (exact) mass is 398 g/mol. The zero-order valence-electron chi connectivity index (χ0n) is 17.8. The number of hydrogen-bond donors (Lipinski definition) is 1. The predicted molar refractivity (Wildman–Crippen MR) is 112 cm³/mol. The Balaban J connectivity index is 2.10. The van der Waals surface area contributed by atoms with Gasteiger partial charge in [0.05, 0.1) is 12.3 Å². The lowest BCUT2D eigenvalue weighted by molar-refractivity contribution is -0.159. The first kappa shape index (κ1) is 22.5. The number of carbonyl (C=O) groups is 2. The average molecular weight is 398 g/mol. The van der Waals surface area contributed by atoms with E-state index in [-0.39, 0.29) is 12.8 Å². The van der Waals surface area contributed by atoms with E-state index >= 15 is 0 Å². The van der Waals surface area contributed by atoms with Gasteiger partial charge in [-0.05, 0) is 75.4 Å². The number of carboxylic acid groups (broad SMARTS) is 1. The van der Waals surface area contributed by atoms with Crippen molar-refractivity contribution in [3.8, 4) is 5.75 Å². The van der Waals surface area contributed by atoms with Crippen LogP contribution >= 0.6 is 0 Å². The van der Waals surface area contributed by atoms with Crippen LogP contribution in [0.25, 0.3) is 0 Å². The minimum atomic E-state index is -1.00. The molecule has 156 valence electrons. The molecule has 0 saturated carbocycles. The van der Waals surface area contributed by atoms with Crippen molar-refractivity contribution in [3.63, 3.8) is 0 Å². The van der Waals surface area contributed by atoms with Crippen molar-refractivity contribution in [3.05, 3.63) is 64.7 Å². The molecule has 1 atom stereocenters. The van der Waals surface area contributed by atoms with Gasteiger partial charge in [0.25, 0.3) is 0 Å². The summed E-state index contributed by atoms with van der Waals surface area (Å²) in [5.41, 5.74) is 3.26. The van der Waals surface area contributed by atoms with Crippen LogP contribution in [-0.4, -0.2) is 22.6 Å². The molecule has 0 unspecified atom stereocenters. The first-order valence-electron chi connectivity index (χ1n) is 9.76. The summed E-state index contributed by atoms with van der Waals surface area (Å²) in [4.78, 5) is 23.8. The van der Waals surface area contributed by atoms with E-state index in [4.69, 9.17) is 9.47 Å². The Morgan fingerprint density at radius 2 is 1.62 bits per heavy atom. The Bertz CT molecular complexity index is 826. The van der Waals surface area contributed by atoms with Crippen molar-refractivity contribution >= 4 is 11.9 Å². The van der Waals surface area contributed by atoms with Crippen LogP contribution in [0.3, 0.4) is 0 Å². The molecule has 2 rings (SSSR count). The maximum Gasteiger partial charge on any atom is 0.307 e. The highest BCUT2D eigenvalue weighted by Crippen LogP contribution is 2.26. The van der Waals surface area contributed by atoms with Crippen LogP contribution in [0.2, 0.25) is 0 Å². The molecule has 2 aromatic rings. The lowest BCUT2D eigenvalue weighted by Gasteiger charge is -2.22. The first-order chi connectivity index (χ1) is 13.5. The van der Waals surface area contributed by atoms with E-state index in [1.165, 1.54) is 0 Å². The Kier molecular flexibility index (Phi) is 7.43. The second-order valence-corrected chi connectivity index (χ2v) is 8.34. The number of ether oxygens (including phenoxy) is 2. The van der Waals surface area contributed by atoms with Crippen molar-refractivity contribution in [1.29, 1.82) is 0 Å². The van der Waals surface area contributed by atoms with Crippen LogP contribution in [0.1, 0.15) is 49.4 Å². The molecule has 0 radical (unpaired) electrons. The van der Waals surface area contributed by atoms with Gasteiger partial charge in [-0.25, -0.2) is 0 Å². The van der Waals surface area contributed by atoms with Gasteiger partial charge in [-0.3, -0.25) is 9.59 Å². The minimum Gasteiger partial charge on any atom is -0.489 e. The van der Waals surface area contributed by atoms with E-state index in [2.05, 4.69) is 0 Å². The fourth-order valence-electron chi connectivity index (χ4n) is 3.18. The Labute approximate surface area is 172 Å². The van der Waals surface area contributed by atoms with Gasteiger partial charge < -0.3 is 14.6 Å². The first-order valence-corrected chi connectivity index (χ1v) is 9.76. The van der Waals surface area contributed by atoms with Gasteiger partial charge >= 0.3 is 11.9 Å². The third-order valence-electron chi connectivity index (χ3n) is 4.55. The van der Waals surface area contributed by atoms with Crippen molar-refractivity contribution in [2.75, 3.05) is 0 Å². The Morgan fingerprint density at radius 1 is 1.03 bits per heavy atom. The Morgan fingerprint density at radius 3 is 2.14 bits per heavy atom. The normalized spacial score (nSPS) is 12.3. The summed E-state index contributed by atoms with van der Waals surface area (Å²) in [6.07, 6.45) is 0.114. The number of hydrogen-bond acceptors (Lipinski definition) is 4. The third kappa shape index (κ3) is 7.26. The Hall–Kier alpha value is -2.82. The molecule has 1 N–H and O–H groups in total. The number of aliphatic carboxylic acids is 1. The van der Waals surface area contributed by atoms with E-state index < -0.39 is 23.5 Å². The molecular weight excluding hydrogens is 368 g/mol. The average Bonchev–Trinajstić information content (AvgIpc) is 2.61. The number of carbonyl (C=O) groups excluding carboxylic acids is 1. The lowest BCUT2D eigenvalue weighted by atomic mass is 9.90. The smallest absolute Gasteiger partial charge is 0.307 e. The number of aryl methyl sites for hydroxylation is 2. The van der Waals surface area contributed by atoms with Crippen molar-refractivity contribution < 1.29 is 24.2 Å². The number of esters is 1.